The normalized spacial score (nSPS) is 10.8. The highest BCUT2D eigenvalue weighted by molar-refractivity contribution is 8.93. The molecule has 29 heavy (non-hydrogen) atoms. The number of aryl methyl sites for hydroxylation is 4. The molecule has 0 saturated heterocycles. The summed E-state index contributed by atoms with van der Waals surface area (Å²) in [5.41, 5.74) is 5.67. The lowest BCUT2D eigenvalue weighted by molar-refractivity contribution is 0.561. The highest BCUT2D eigenvalue weighted by atomic mass is 79.9. The summed E-state index contributed by atoms with van der Waals surface area (Å²) in [7, 11) is 0. The van der Waals surface area contributed by atoms with E-state index in [0.29, 0.717) is 5.62 Å². The smallest absolute Gasteiger partial charge is 0.202 e. The second-order valence-electron chi connectivity index (χ2n) is 7.29. The molecule has 3 aromatic carbocycles. The topological polar surface area (TPSA) is 33.7 Å². The molecule has 0 saturated carbocycles. The fraction of sp³-hybridized carbons (Fsp3) is 0.240. The van der Waals surface area contributed by atoms with Gasteiger partial charge in [0.2, 0.25) is 5.62 Å². The molecule has 4 rings (SSSR count). The Bertz CT molecular complexity index is 996. The van der Waals surface area contributed by atoms with Crippen molar-refractivity contribution in [2.45, 2.75) is 38.8 Å². The Kier molecular flexibility index (Phi) is 7.48. The molecule has 0 radical (unpaired) electrons. The number of halogens is 1. The van der Waals surface area contributed by atoms with Crippen molar-refractivity contribution < 1.29 is 0 Å². The zero-order chi connectivity index (χ0) is 19.2. The summed E-state index contributed by atoms with van der Waals surface area (Å²) in [6.07, 6.45) is 4.17. The van der Waals surface area contributed by atoms with E-state index in [0.717, 1.165) is 38.8 Å². The van der Waals surface area contributed by atoms with Crippen molar-refractivity contribution in [3.8, 4) is 0 Å². The Hall–Kier alpha value is -2.59. The van der Waals surface area contributed by atoms with E-state index in [-0.39, 0.29) is 17.0 Å². The van der Waals surface area contributed by atoms with E-state index in [1.165, 1.54) is 22.2 Å². The van der Waals surface area contributed by atoms with Gasteiger partial charge in [0.15, 0.2) is 0 Å². The summed E-state index contributed by atoms with van der Waals surface area (Å²) in [5, 5.41) is 8.77. The molecule has 1 N–H and O–H groups in total. The number of nitrogens with zero attached hydrogens (tertiary/aromatic N) is 2. The maximum Gasteiger partial charge on any atom is 0.202 e. The molecule has 3 nitrogen and oxygen atoms in total. The Morgan fingerprint density at radius 1 is 0.552 bits per heavy atom. The van der Waals surface area contributed by atoms with Crippen molar-refractivity contribution in [2.75, 3.05) is 0 Å². The fourth-order valence-corrected chi connectivity index (χ4v) is 3.92. The monoisotopic (exact) mass is 449 g/mol. The lowest BCUT2D eigenvalue weighted by atomic mass is 10.1. The Morgan fingerprint density at radius 2 is 0.931 bits per heavy atom. The molecule has 4 aromatic rings. The van der Waals surface area contributed by atoms with Crippen molar-refractivity contribution in [1.82, 2.24) is 9.13 Å². The number of para-hydroxylation sites is 2. The van der Waals surface area contributed by atoms with Gasteiger partial charge in [-0.1, -0.05) is 72.8 Å². The van der Waals surface area contributed by atoms with E-state index in [1.54, 1.807) is 0 Å². The van der Waals surface area contributed by atoms with Crippen LogP contribution in [0.3, 0.4) is 0 Å². The zero-order valence-electron chi connectivity index (χ0n) is 16.6. The van der Waals surface area contributed by atoms with Crippen LogP contribution in [0.15, 0.2) is 84.9 Å². The lowest BCUT2D eigenvalue weighted by Gasteiger charge is -2.06. The third kappa shape index (κ3) is 5.07. The SMILES string of the molecule is Br.N=c1n(CCCc2ccccc2)c2ccccc2n1CCCc1ccccc1. The van der Waals surface area contributed by atoms with Gasteiger partial charge in [-0.2, -0.15) is 0 Å². The van der Waals surface area contributed by atoms with E-state index in [9.17, 15) is 0 Å². The number of nitrogens with one attached hydrogen (secondary N) is 1. The van der Waals surface area contributed by atoms with Gasteiger partial charge in [-0.3, -0.25) is 5.41 Å². The predicted octanol–water partition coefficient (Wildman–Crippen LogP) is 5.77. The molecule has 0 atom stereocenters. The minimum Gasteiger partial charge on any atom is -0.310 e. The lowest BCUT2D eigenvalue weighted by Crippen LogP contribution is -2.25. The van der Waals surface area contributed by atoms with Crippen LogP contribution >= 0.6 is 17.0 Å². The highest BCUT2D eigenvalue weighted by Crippen LogP contribution is 2.15. The van der Waals surface area contributed by atoms with E-state index >= 15 is 0 Å². The third-order valence-corrected chi connectivity index (χ3v) is 5.35. The van der Waals surface area contributed by atoms with Crippen molar-refractivity contribution in [3.05, 3.63) is 102 Å². The van der Waals surface area contributed by atoms with Gasteiger partial charge in [0.25, 0.3) is 0 Å². The molecule has 0 aliphatic rings. The summed E-state index contributed by atoms with van der Waals surface area (Å²) >= 11 is 0. The van der Waals surface area contributed by atoms with Gasteiger partial charge in [0, 0.05) is 13.1 Å². The molecule has 0 amide bonds. The molecule has 4 heteroatoms. The van der Waals surface area contributed by atoms with E-state index in [1.807, 2.05) is 0 Å². The van der Waals surface area contributed by atoms with Crippen LogP contribution in [0.1, 0.15) is 24.0 Å². The molecule has 0 spiro atoms. The van der Waals surface area contributed by atoms with Gasteiger partial charge in [0.05, 0.1) is 11.0 Å². The standard InChI is InChI=1S/C25H27N3.BrH/c26-25-27(19-9-15-21-11-3-1-4-12-21)23-17-7-8-18-24(23)28(25)20-10-16-22-13-5-2-6-14-22;/h1-8,11-14,17-18,26H,9-10,15-16,19-20H2;1H. The van der Waals surface area contributed by atoms with Crippen LogP contribution in [0.25, 0.3) is 11.0 Å². The maximum absolute atomic E-state index is 8.77. The van der Waals surface area contributed by atoms with E-state index < -0.39 is 0 Å². The average Bonchev–Trinajstić information content (AvgIpc) is 3.01. The number of imidazole rings is 1. The van der Waals surface area contributed by atoms with Crippen molar-refractivity contribution in [3.63, 3.8) is 0 Å². The van der Waals surface area contributed by atoms with Crippen molar-refractivity contribution in [2.24, 2.45) is 0 Å². The Morgan fingerprint density at radius 3 is 1.34 bits per heavy atom. The van der Waals surface area contributed by atoms with E-state index in [2.05, 4.69) is 94.1 Å². The molecule has 1 heterocycles. The molecule has 0 aliphatic heterocycles. The van der Waals surface area contributed by atoms with Gasteiger partial charge in [-0.05, 0) is 48.9 Å². The second-order valence-corrected chi connectivity index (χ2v) is 7.29. The summed E-state index contributed by atoms with van der Waals surface area (Å²) < 4.78 is 4.33. The Balaban J connectivity index is 0.00000240. The van der Waals surface area contributed by atoms with Crippen LogP contribution in [0.2, 0.25) is 0 Å². The number of hydrogen-bond acceptors (Lipinski definition) is 1. The van der Waals surface area contributed by atoms with Gasteiger partial charge in [0.1, 0.15) is 0 Å². The Labute approximate surface area is 182 Å². The summed E-state index contributed by atoms with van der Waals surface area (Å²) in [6.45, 7) is 1.75. The van der Waals surface area contributed by atoms with Crippen molar-refractivity contribution in [1.29, 1.82) is 5.41 Å². The second kappa shape index (κ2) is 10.3. The largest absolute Gasteiger partial charge is 0.310 e. The molecule has 1 aromatic heterocycles. The summed E-state index contributed by atoms with van der Waals surface area (Å²) in [6, 6.07) is 29.6. The van der Waals surface area contributed by atoms with Gasteiger partial charge >= 0.3 is 0 Å². The molecular weight excluding hydrogens is 422 g/mol. The van der Waals surface area contributed by atoms with Gasteiger partial charge in [-0.15, -0.1) is 17.0 Å². The quantitative estimate of drug-likeness (QED) is 0.354. The maximum atomic E-state index is 8.77. The third-order valence-electron chi connectivity index (χ3n) is 5.35. The number of aromatic nitrogens is 2. The first-order valence-electron chi connectivity index (χ1n) is 10.1. The van der Waals surface area contributed by atoms with E-state index in [4.69, 9.17) is 5.41 Å². The zero-order valence-corrected chi connectivity index (χ0v) is 18.3. The van der Waals surface area contributed by atoms with Crippen LogP contribution < -0.4 is 5.62 Å². The number of fused-ring (bicyclic) bond motifs is 1. The number of rotatable bonds is 8. The first kappa shape index (κ1) is 21.1. The minimum absolute atomic E-state index is 0. The first-order valence-corrected chi connectivity index (χ1v) is 10.1. The molecule has 0 bridgehead atoms. The number of benzene rings is 3. The first-order chi connectivity index (χ1) is 13.8. The number of hydrogen-bond donors (Lipinski definition) is 1. The van der Waals surface area contributed by atoms with Crippen LogP contribution in [0.5, 0.6) is 0 Å². The molecule has 0 aliphatic carbocycles. The van der Waals surface area contributed by atoms with Gasteiger partial charge in [-0.25, -0.2) is 0 Å². The molecule has 150 valence electrons. The predicted molar refractivity (Wildman–Crippen MR) is 126 cm³/mol. The fourth-order valence-electron chi connectivity index (χ4n) is 3.92. The summed E-state index contributed by atoms with van der Waals surface area (Å²) in [5.74, 6) is 0. The van der Waals surface area contributed by atoms with Crippen molar-refractivity contribution >= 4 is 28.0 Å². The van der Waals surface area contributed by atoms with Crippen LogP contribution in [0.4, 0.5) is 0 Å². The van der Waals surface area contributed by atoms with Gasteiger partial charge < -0.3 is 9.13 Å². The van der Waals surface area contributed by atoms with Crippen LogP contribution in [-0.4, -0.2) is 9.13 Å². The minimum atomic E-state index is 0. The molecule has 0 fully saturated rings. The molecular formula is C25H28BrN3. The highest BCUT2D eigenvalue weighted by Gasteiger charge is 2.10. The summed E-state index contributed by atoms with van der Waals surface area (Å²) in [4.78, 5) is 0. The molecule has 0 unspecified atom stereocenters. The average molecular weight is 450 g/mol. The van der Waals surface area contributed by atoms with Crippen LogP contribution in [0, 0.1) is 5.41 Å². The van der Waals surface area contributed by atoms with Crippen LogP contribution in [-0.2, 0) is 25.9 Å².